The molecule has 4 heteroatoms. The largest absolute Gasteiger partial charge is 0.466 e. The quantitative estimate of drug-likeness (QED) is 0.622. The summed E-state index contributed by atoms with van der Waals surface area (Å²) in [6.07, 6.45) is 10.7. The highest BCUT2D eigenvalue weighted by molar-refractivity contribution is 5.69. The Kier molecular flexibility index (Phi) is 5.22. The minimum absolute atomic E-state index is 0.0474. The number of rotatable bonds is 8. The van der Waals surface area contributed by atoms with Crippen LogP contribution in [0.3, 0.4) is 0 Å². The van der Waals surface area contributed by atoms with Gasteiger partial charge < -0.3 is 9.47 Å². The fraction of sp³-hybridized carbons (Fsp3) is 0.900. The Morgan fingerprint density at radius 2 is 1.25 bits per heavy atom. The molecule has 4 saturated carbocycles. The molecule has 0 aromatic carbocycles. The van der Waals surface area contributed by atoms with Gasteiger partial charge in [-0.1, -0.05) is 0 Å². The van der Waals surface area contributed by atoms with Gasteiger partial charge in [0.25, 0.3) is 0 Å². The Labute approximate surface area is 145 Å². The Morgan fingerprint density at radius 1 is 0.833 bits per heavy atom. The van der Waals surface area contributed by atoms with Crippen LogP contribution in [0.4, 0.5) is 0 Å². The highest BCUT2D eigenvalue weighted by atomic mass is 16.5. The molecule has 0 radical (unpaired) electrons. The molecular weight excluding hydrogens is 304 g/mol. The monoisotopic (exact) mass is 336 g/mol. The molecule has 0 saturated heterocycles. The molecule has 0 spiro atoms. The van der Waals surface area contributed by atoms with E-state index < -0.39 is 0 Å². The Hall–Kier alpha value is -1.06. The van der Waals surface area contributed by atoms with Gasteiger partial charge in [-0.05, 0) is 87.9 Å². The van der Waals surface area contributed by atoms with Crippen LogP contribution in [0.2, 0.25) is 0 Å². The molecule has 4 rings (SSSR count). The minimum Gasteiger partial charge on any atom is -0.466 e. The van der Waals surface area contributed by atoms with Gasteiger partial charge in [-0.3, -0.25) is 9.59 Å². The molecule has 0 aromatic rings. The maximum Gasteiger partial charge on any atom is 0.305 e. The van der Waals surface area contributed by atoms with Crippen LogP contribution < -0.4 is 0 Å². The summed E-state index contributed by atoms with van der Waals surface area (Å²) in [7, 11) is 0. The van der Waals surface area contributed by atoms with Crippen molar-refractivity contribution < 1.29 is 19.1 Å². The van der Waals surface area contributed by atoms with Crippen molar-refractivity contribution in [2.24, 2.45) is 22.7 Å². The maximum atomic E-state index is 11.8. The molecule has 0 N–H and O–H groups in total. The first-order chi connectivity index (χ1) is 11.5. The van der Waals surface area contributed by atoms with Crippen molar-refractivity contribution in [3.63, 3.8) is 0 Å². The highest BCUT2D eigenvalue weighted by Crippen LogP contribution is 2.67. The van der Waals surface area contributed by atoms with Gasteiger partial charge in [0.2, 0.25) is 0 Å². The zero-order valence-electron chi connectivity index (χ0n) is 15.3. The first kappa shape index (κ1) is 17.8. The van der Waals surface area contributed by atoms with Crippen molar-refractivity contribution in [3.05, 3.63) is 0 Å². The summed E-state index contributed by atoms with van der Waals surface area (Å²) in [4.78, 5) is 23.6. The van der Waals surface area contributed by atoms with Crippen LogP contribution in [0.25, 0.3) is 0 Å². The van der Waals surface area contributed by atoms with Crippen molar-refractivity contribution in [1.82, 2.24) is 0 Å². The van der Waals surface area contributed by atoms with E-state index in [9.17, 15) is 9.59 Å². The molecule has 24 heavy (non-hydrogen) atoms. The third-order valence-electron chi connectivity index (χ3n) is 6.63. The van der Waals surface area contributed by atoms with Crippen molar-refractivity contribution in [1.29, 1.82) is 0 Å². The molecule has 0 aliphatic heterocycles. The standard InChI is InChI=1S/C20H32O4/c1-3-23-17(21)5-7-19-10-15-9-16(11-19)13-20(12-15,14-19)8-6-18(22)24-4-2/h15-16H,3-14H2,1-2H3. The Morgan fingerprint density at radius 3 is 1.62 bits per heavy atom. The first-order valence-electron chi connectivity index (χ1n) is 9.79. The summed E-state index contributed by atoms with van der Waals surface area (Å²) < 4.78 is 10.3. The minimum atomic E-state index is -0.0474. The van der Waals surface area contributed by atoms with Crippen molar-refractivity contribution in [2.75, 3.05) is 13.2 Å². The Balaban J connectivity index is 1.63. The predicted octanol–water partition coefficient (Wildman–Crippen LogP) is 4.26. The number of esters is 2. The number of carbonyl (C=O) groups excluding carboxylic acids is 2. The van der Waals surface area contributed by atoms with Crippen LogP contribution in [-0.4, -0.2) is 25.2 Å². The second-order valence-electron chi connectivity index (χ2n) is 8.57. The van der Waals surface area contributed by atoms with E-state index in [1.54, 1.807) is 0 Å². The van der Waals surface area contributed by atoms with E-state index in [0.717, 1.165) is 24.7 Å². The van der Waals surface area contributed by atoms with Gasteiger partial charge in [0.05, 0.1) is 13.2 Å². The lowest BCUT2D eigenvalue weighted by Gasteiger charge is -2.62. The molecule has 0 atom stereocenters. The second-order valence-corrected chi connectivity index (χ2v) is 8.57. The fourth-order valence-corrected chi connectivity index (χ4v) is 6.44. The summed E-state index contributed by atoms with van der Waals surface area (Å²) in [5.41, 5.74) is 0.650. The summed E-state index contributed by atoms with van der Waals surface area (Å²) >= 11 is 0. The zero-order chi connectivity index (χ0) is 17.2. The lowest BCUT2D eigenvalue weighted by molar-refractivity contribution is -0.151. The summed E-state index contributed by atoms with van der Waals surface area (Å²) in [5, 5.41) is 0. The van der Waals surface area contributed by atoms with Crippen LogP contribution in [0.5, 0.6) is 0 Å². The molecule has 0 aromatic heterocycles. The van der Waals surface area contributed by atoms with Gasteiger partial charge >= 0.3 is 11.9 Å². The van der Waals surface area contributed by atoms with Crippen molar-refractivity contribution >= 4 is 11.9 Å². The van der Waals surface area contributed by atoms with Crippen LogP contribution >= 0.6 is 0 Å². The molecule has 0 amide bonds. The lowest BCUT2D eigenvalue weighted by Crippen LogP contribution is -2.52. The average molecular weight is 336 g/mol. The molecule has 4 nitrogen and oxygen atoms in total. The van der Waals surface area contributed by atoms with E-state index in [-0.39, 0.29) is 11.9 Å². The topological polar surface area (TPSA) is 52.6 Å². The molecule has 136 valence electrons. The van der Waals surface area contributed by atoms with Crippen LogP contribution in [0.15, 0.2) is 0 Å². The number of hydrogen-bond donors (Lipinski definition) is 0. The van der Waals surface area contributed by atoms with E-state index in [0.29, 0.717) is 36.9 Å². The molecular formula is C20H32O4. The third-order valence-corrected chi connectivity index (χ3v) is 6.63. The van der Waals surface area contributed by atoms with Gasteiger partial charge in [0.15, 0.2) is 0 Å². The first-order valence-corrected chi connectivity index (χ1v) is 9.79. The summed E-state index contributed by atoms with van der Waals surface area (Å²) in [5.74, 6) is 1.51. The smallest absolute Gasteiger partial charge is 0.305 e. The van der Waals surface area contributed by atoms with E-state index in [4.69, 9.17) is 9.47 Å². The van der Waals surface area contributed by atoms with Gasteiger partial charge in [0, 0.05) is 12.8 Å². The molecule has 4 bridgehead atoms. The third kappa shape index (κ3) is 3.78. The normalized spacial score (nSPS) is 36.6. The van der Waals surface area contributed by atoms with Gasteiger partial charge in [-0.2, -0.15) is 0 Å². The molecule has 0 heterocycles. The van der Waals surface area contributed by atoms with Crippen LogP contribution in [0, 0.1) is 22.7 Å². The average Bonchev–Trinajstić information content (AvgIpc) is 2.51. The number of hydrogen-bond acceptors (Lipinski definition) is 4. The fourth-order valence-electron chi connectivity index (χ4n) is 6.44. The predicted molar refractivity (Wildman–Crippen MR) is 91.3 cm³/mol. The van der Waals surface area contributed by atoms with Gasteiger partial charge in [-0.15, -0.1) is 0 Å². The van der Waals surface area contributed by atoms with Gasteiger partial charge in [0.1, 0.15) is 0 Å². The second kappa shape index (κ2) is 7.05. The van der Waals surface area contributed by atoms with E-state index in [1.165, 1.54) is 38.5 Å². The van der Waals surface area contributed by atoms with Crippen LogP contribution in [0.1, 0.15) is 78.1 Å². The van der Waals surface area contributed by atoms with Gasteiger partial charge in [-0.25, -0.2) is 0 Å². The Bertz CT molecular complexity index is 430. The molecule has 4 aliphatic carbocycles. The number of ether oxygens (including phenoxy) is 2. The van der Waals surface area contributed by atoms with E-state index >= 15 is 0 Å². The molecule has 4 aliphatic rings. The lowest BCUT2D eigenvalue weighted by atomic mass is 9.42. The number of carbonyl (C=O) groups is 2. The van der Waals surface area contributed by atoms with Crippen molar-refractivity contribution in [3.8, 4) is 0 Å². The molecule has 4 fully saturated rings. The van der Waals surface area contributed by atoms with Crippen LogP contribution in [-0.2, 0) is 19.1 Å². The maximum absolute atomic E-state index is 11.8. The zero-order valence-corrected chi connectivity index (χ0v) is 15.3. The summed E-state index contributed by atoms with van der Waals surface area (Å²) in [6.45, 7) is 4.68. The van der Waals surface area contributed by atoms with E-state index in [1.807, 2.05) is 13.8 Å². The molecule has 0 unspecified atom stereocenters. The summed E-state index contributed by atoms with van der Waals surface area (Å²) in [6, 6.07) is 0. The SMILES string of the molecule is CCOC(=O)CCC12CC3CC(C1)CC(CCC(=O)OCC)(C3)C2. The van der Waals surface area contributed by atoms with Crippen molar-refractivity contribution in [2.45, 2.75) is 78.1 Å². The van der Waals surface area contributed by atoms with E-state index in [2.05, 4.69) is 0 Å². The highest BCUT2D eigenvalue weighted by Gasteiger charge is 2.57.